The molecule has 0 spiro atoms. The number of hydrogen-bond acceptors (Lipinski definition) is 7. The van der Waals surface area contributed by atoms with E-state index in [0.717, 1.165) is 35.0 Å². The summed E-state index contributed by atoms with van der Waals surface area (Å²) in [6.07, 6.45) is 4.40. The molecular formula is C20H18N4O2S2. The lowest BCUT2D eigenvalue weighted by Crippen LogP contribution is -2.20. The smallest absolute Gasteiger partial charge is 0.262 e. The van der Waals surface area contributed by atoms with E-state index < -0.39 is 0 Å². The van der Waals surface area contributed by atoms with Crippen LogP contribution in [0.4, 0.5) is 0 Å². The van der Waals surface area contributed by atoms with Crippen molar-refractivity contribution < 1.29 is 4.52 Å². The third-order valence-corrected chi connectivity index (χ3v) is 7.18. The van der Waals surface area contributed by atoms with E-state index in [9.17, 15) is 4.79 Å². The van der Waals surface area contributed by atoms with Gasteiger partial charge in [0.15, 0.2) is 5.16 Å². The second-order valence-electron chi connectivity index (χ2n) is 6.82. The lowest BCUT2D eigenvalue weighted by atomic mass is 9.97. The van der Waals surface area contributed by atoms with Crippen molar-refractivity contribution in [3.63, 3.8) is 0 Å². The molecule has 0 atom stereocenters. The van der Waals surface area contributed by atoms with Crippen LogP contribution in [0.2, 0.25) is 0 Å². The zero-order valence-electron chi connectivity index (χ0n) is 15.3. The van der Waals surface area contributed by atoms with Gasteiger partial charge in [-0.1, -0.05) is 47.3 Å². The maximum Gasteiger partial charge on any atom is 0.262 e. The van der Waals surface area contributed by atoms with Gasteiger partial charge in [-0.15, -0.1) is 11.3 Å². The van der Waals surface area contributed by atoms with Crippen LogP contribution in [-0.4, -0.2) is 19.7 Å². The van der Waals surface area contributed by atoms with Gasteiger partial charge in [0.1, 0.15) is 4.83 Å². The van der Waals surface area contributed by atoms with E-state index in [2.05, 4.69) is 10.1 Å². The van der Waals surface area contributed by atoms with Gasteiger partial charge in [0.25, 0.3) is 5.56 Å². The highest BCUT2D eigenvalue weighted by atomic mass is 32.2. The van der Waals surface area contributed by atoms with Gasteiger partial charge in [-0.25, -0.2) is 4.98 Å². The van der Waals surface area contributed by atoms with Crippen LogP contribution in [0.15, 0.2) is 44.8 Å². The lowest BCUT2D eigenvalue weighted by molar-refractivity contribution is 0.391. The van der Waals surface area contributed by atoms with Crippen molar-refractivity contribution in [3.8, 4) is 11.4 Å². The molecule has 8 heteroatoms. The average molecular weight is 411 g/mol. The van der Waals surface area contributed by atoms with Crippen LogP contribution < -0.4 is 5.56 Å². The molecule has 0 fully saturated rings. The first kappa shape index (κ1) is 17.6. The summed E-state index contributed by atoms with van der Waals surface area (Å²) in [6, 6.07) is 9.72. The molecular weight excluding hydrogens is 392 g/mol. The van der Waals surface area contributed by atoms with Crippen LogP contribution in [0.1, 0.15) is 29.2 Å². The molecule has 0 saturated carbocycles. The quantitative estimate of drug-likeness (QED) is 0.370. The zero-order valence-corrected chi connectivity index (χ0v) is 17.0. The predicted octanol–water partition coefficient (Wildman–Crippen LogP) is 4.22. The number of benzene rings is 1. The second kappa shape index (κ2) is 7.18. The Bertz CT molecular complexity index is 1210. The van der Waals surface area contributed by atoms with Gasteiger partial charge in [0.05, 0.1) is 11.1 Å². The number of thiophene rings is 1. The molecule has 6 nitrogen and oxygen atoms in total. The first-order valence-corrected chi connectivity index (χ1v) is 11.0. The molecule has 3 aromatic heterocycles. The van der Waals surface area contributed by atoms with E-state index in [1.54, 1.807) is 23.0 Å². The maximum atomic E-state index is 12.9. The molecule has 3 heterocycles. The minimum Gasteiger partial charge on any atom is -0.338 e. The van der Waals surface area contributed by atoms with E-state index in [-0.39, 0.29) is 5.56 Å². The van der Waals surface area contributed by atoms with Gasteiger partial charge in [-0.05, 0) is 31.2 Å². The maximum absolute atomic E-state index is 12.9. The minimum atomic E-state index is 0.0439. The van der Waals surface area contributed by atoms with Gasteiger partial charge in [0, 0.05) is 17.5 Å². The van der Waals surface area contributed by atoms with Crippen molar-refractivity contribution in [2.24, 2.45) is 7.05 Å². The highest BCUT2D eigenvalue weighted by molar-refractivity contribution is 7.98. The van der Waals surface area contributed by atoms with Crippen molar-refractivity contribution in [2.75, 3.05) is 0 Å². The summed E-state index contributed by atoms with van der Waals surface area (Å²) in [5.74, 6) is 1.56. The van der Waals surface area contributed by atoms with Crippen LogP contribution in [0, 0.1) is 0 Å². The molecule has 0 unspecified atom stereocenters. The molecule has 0 saturated heterocycles. The van der Waals surface area contributed by atoms with Crippen LogP contribution >= 0.6 is 23.1 Å². The van der Waals surface area contributed by atoms with E-state index in [4.69, 9.17) is 9.51 Å². The third-order valence-electron chi connectivity index (χ3n) is 4.98. The van der Waals surface area contributed by atoms with Crippen molar-refractivity contribution in [2.45, 2.75) is 36.6 Å². The summed E-state index contributed by atoms with van der Waals surface area (Å²) in [6.45, 7) is 0. The fourth-order valence-electron chi connectivity index (χ4n) is 3.54. The molecule has 1 aromatic carbocycles. The van der Waals surface area contributed by atoms with Crippen LogP contribution in [0.25, 0.3) is 21.6 Å². The predicted molar refractivity (Wildman–Crippen MR) is 111 cm³/mol. The molecule has 5 rings (SSSR count). The molecule has 1 aliphatic carbocycles. The Morgan fingerprint density at radius 3 is 2.86 bits per heavy atom. The van der Waals surface area contributed by atoms with E-state index in [1.165, 1.54) is 28.6 Å². The number of fused-ring (bicyclic) bond motifs is 3. The van der Waals surface area contributed by atoms with Crippen molar-refractivity contribution >= 4 is 33.3 Å². The topological polar surface area (TPSA) is 73.8 Å². The Morgan fingerprint density at radius 1 is 1.18 bits per heavy atom. The number of thioether (sulfide) groups is 1. The molecule has 0 amide bonds. The van der Waals surface area contributed by atoms with Gasteiger partial charge in [-0.3, -0.25) is 9.36 Å². The molecule has 0 bridgehead atoms. The fourth-order valence-corrected chi connectivity index (χ4v) is 5.65. The normalized spacial score (nSPS) is 13.8. The SMILES string of the molecule is Cn1c(SCc2nc(-c3ccccc3)no2)nc2sc3c(c2c1=O)CCCC3. The van der Waals surface area contributed by atoms with Crippen LogP contribution in [0.3, 0.4) is 0 Å². The summed E-state index contributed by atoms with van der Waals surface area (Å²) in [5.41, 5.74) is 2.18. The Labute approximate surface area is 169 Å². The van der Waals surface area contributed by atoms with E-state index >= 15 is 0 Å². The summed E-state index contributed by atoms with van der Waals surface area (Å²) in [4.78, 5) is 24.4. The number of nitrogens with zero attached hydrogens (tertiary/aromatic N) is 4. The minimum absolute atomic E-state index is 0.0439. The van der Waals surface area contributed by atoms with Crippen LogP contribution in [0.5, 0.6) is 0 Å². The monoisotopic (exact) mass is 410 g/mol. The van der Waals surface area contributed by atoms with Gasteiger partial charge < -0.3 is 4.52 Å². The Kier molecular flexibility index (Phi) is 4.52. The van der Waals surface area contributed by atoms with E-state index in [1.807, 2.05) is 30.3 Å². The van der Waals surface area contributed by atoms with E-state index in [0.29, 0.717) is 22.6 Å². The van der Waals surface area contributed by atoms with Crippen LogP contribution in [-0.2, 0) is 25.6 Å². The third kappa shape index (κ3) is 3.06. The average Bonchev–Trinajstić information content (AvgIpc) is 3.35. The lowest BCUT2D eigenvalue weighted by Gasteiger charge is -2.10. The summed E-state index contributed by atoms with van der Waals surface area (Å²) in [5, 5.41) is 5.54. The van der Waals surface area contributed by atoms with Gasteiger partial charge in [-0.2, -0.15) is 4.98 Å². The molecule has 28 heavy (non-hydrogen) atoms. The van der Waals surface area contributed by atoms with Crippen molar-refractivity contribution in [1.82, 2.24) is 19.7 Å². The summed E-state index contributed by atoms with van der Waals surface area (Å²) < 4.78 is 7.01. The number of aromatic nitrogens is 4. The Morgan fingerprint density at radius 2 is 2.00 bits per heavy atom. The number of hydrogen-bond donors (Lipinski definition) is 0. The Hall–Kier alpha value is -2.45. The van der Waals surface area contributed by atoms with Gasteiger partial charge in [0.2, 0.25) is 11.7 Å². The zero-order chi connectivity index (χ0) is 19.1. The van der Waals surface area contributed by atoms with Gasteiger partial charge >= 0.3 is 0 Å². The highest BCUT2D eigenvalue weighted by Crippen LogP contribution is 2.34. The number of rotatable bonds is 4. The second-order valence-corrected chi connectivity index (χ2v) is 8.84. The largest absolute Gasteiger partial charge is 0.338 e. The van der Waals surface area contributed by atoms with Crippen molar-refractivity contribution in [3.05, 3.63) is 57.0 Å². The first-order valence-electron chi connectivity index (χ1n) is 9.23. The molecule has 142 valence electrons. The van der Waals surface area contributed by atoms with Crippen molar-refractivity contribution in [1.29, 1.82) is 0 Å². The number of aryl methyl sites for hydroxylation is 2. The molecule has 0 N–H and O–H groups in total. The standard InChI is InChI=1S/C20H18N4O2S2/c1-24-19(25)16-13-9-5-6-10-14(13)28-18(16)22-20(24)27-11-15-21-17(23-26-15)12-7-3-2-4-8-12/h2-4,7-8H,5-6,9-11H2,1H3. The first-order chi connectivity index (χ1) is 13.7. The molecule has 0 radical (unpaired) electrons. The Balaban J connectivity index is 1.42. The highest BCUT2D eigenvalue weighted by Gasteiger charge is 2.21. The molecule has 0 aliphatic heterocycles. The summed E-state index contributed by atoms with van der Waals surface area (Å²) >= 11 is 3.12. The molecule has 4 aromatic rings. The molecule has 1 aliphatic rings. The fraction of sp³-hybridized carbons (Fsp3) is 0.300. The summed E-state index contributed by atoms with van der Waals surface area (Å²) in [7, 11) is 1.78.